The number of hydrogen-bond acceptors (Lipinski definition) is 7. The highest BCUT2D eigenvalue weighted by atomic mass is 79.9. The Bertz CT molecular complexity index is 1470. The van der Waals surface area contributed by atoms with Crippen LogP contribution in [0.1, 0.15) is 63.9 Å². The van der Waals surface area contributed by atoms with Crippen molar-refractivity contribution in [3.63, 3.8) is 0 Å². The molecule has 2 aliphatic carbocycles. The minimum absolute atomic E-state index is 0.00473. The number of benzene rings is 2. The average Bonchev–Trinajstić information content (AvgIpc) is 2.90. The van der Waals surface area contributed by atoms with Crippen molar-refractivity contribution in [1.82, 2.24) is 4.90 Å². The zero-order chi connectivity index (χ0) is 27.9. The molecule has 0 saturated carbocycles. The van der Waals surface area contributed by atoms with Crippen LogP contribution < -0.4 is 8.92 Å². The Kier molecular flexibility index (Phi) is 7.95. The summed E-state index contributed by atoms with van der Waals surface area (Å²) in [7, 11) is -4.20. The van der Waals surface area contributed by atoms with Gasteiger partial charge in [0.25, 0.3) is 0 Å². The van der Waals surface area contributed by atoms with Gasteiger partial charge >= 0.3 is 10.1 Å². The summed E-state index contributed by atoms with van der Waals surface area (Å²) in [5.41, 5.74) is 3.99. The summed E-state index contributed by atoms with van der Waals surface area (Å²) in [5, 5.41) is 0.403. The second kappa shape index (κ2) is 11.1. The highest BCUT2D eigenvalue weighted by Gasteiger charge is 2.43. The quantitative estimate of drug-likeness (QED) is 0.313. The molecule has 0 fully saturated rings. The van der Waals surface area contributed by atoms with Crippen molar-refractivity contribution in [1.29, 1.82) is 0 Å². The summed E-state index contributed by atoms with van der Waals surface area (Å²) in [4.78, 5) is 28.9. The van der Waals surface area contributed by atoms with Gasteiger partial charge in [-0.2, -0.15) is 8.42 Å². The van der Waals surface area contributed by atoms with Crippen LogP contribution in [0.2, 0.25) is 5.02 Å². The molecule has 0 N–H and O–H groups in total. The van der Waals surface area contributed by atoms with Gasteiger partial charge in [-0.05, 0) is 97.4 Å². The van der Waals surface area contributed by atoms with E-state index in [2.05, 4.69) is 20.8 Å². The van der Waals surface area contributed by atoms with Crippen LogP contribution in [0.25, 0.3) is 0 Å². The number of carbonyl (C=O) groups excluding carboxylic acids is 2. The Morgan fingerprint density at radius 1 is 0.949 bits per heavy atom. The van der Waals surface area contributed by atoms with E-state index in [1.54, 1.807) is 19.1 Å². The minimum atomic E-state index is -4.20. The number of carbonyl (C=O) groups is 2. The number of ether oxygens (including phenoxy) is 1. The van der Waals surface area contributed by atoms with Crippen molar-refractivity contribution in [2.24, 2.45) is 0 Å². The highest BCUT2D eigenvalue weighted by molar-refractivity contribution is 9.10. The largest absolute Gasteiger partial charge is 0.490 e. The Labute approximate surface area is 242 Å². The molecule has 0 atom stereocenters. The summed E-state index contributed by atoms with van der Waals surface area (Å²) in [6.45, 7) is 4.77. The normalized spacial score (nSPS) is 18.3. The van der Waals surface area contributed by atoms with Crippen molar-refractivity contribution in [3.05, 3.63) is 74.0 Å². The van der Waals surface area contributed by atoms with Crippen molar-refractivity contribution in [3.8, 4) is 11.5 Å². The highest BCUT2D eigenvalue weighted by Crippen LogP contribution is 2.51. The van der Waals surface area contributed by atoms with E-state index >= 15 is 0 Å². The summed E-state index contributed by atoms with van der Waals surface area (Å²) in [6.07, 6.45) is 3.97. The molecule has 1 heterocycles. The Balaban J connectivity index is 1.65. The predicted octanol–water partition coefficient (Wildman–Crippen LogP) is 6.70. The van der Waals surface area contributed by atoms with E-state index in [4.69, 9.17) is 20.5 Å². The number of ketones is 2. The van der Waals surface area contributed by atoms with Crippen LogP contribution in [0.5, 0.6) is 11.5 Å². The number of hydrogen-bond donors (Lipinski definition) is 0. The summed E-state index contributed by atoms with van der Waals surface area (Å²) >= 11 is 9.42. The Morgan fingerprint density at radius 2 is 1.54 bits per heavy atom. The van der Waals surface area contributed by atoms with Gasteiger partial charge in [0.2, 0.25) is 0 Å². The first-order valence-corrected chi connectivity index (χ1v) is 15.7. The SMILES string of the molecule is CCOc1cc(C2C3=C(CCCC3=O)N(CC)C3=C2C(=O)CCC3)cc(Br)c1OS(=O)(=O)c1ccc(Cl)cc1. The third-order valence-electron chi connectivity index (χ3n) is 7.36. The number of rotatable bonds is 7. The van der Waals surface area contributed by atoms with Crippen molar-refractivity contribution < 1.29 is 26.9 Å². The molecular weight excluding hydrogens is 606 g/mol. The summed E-state index contributed by atoms with van der Waals surface area (Å²) in [6, 6.07) is 9.12. The zero-order valence-corrected chi connectivity index (χ0v) is 24.9. The van der Waals surface area contributed by atoms with Gasteiger partial charge in [0.1, 0.15) is 4.90 Å². The van der Waals surface area contributed by atoms with Crippen LogP contribution in [0, 0.1) is 0 Å². The average molecular weight is 635 g/mol. The lowest BCUT2D eigenvalue weighted by Gasteiger charge is -2.43. The van der Waals surface area contributed by atoms with Crippen LogP contribution in [0.15, 0.2) is 68.3 Å². The fraction of sp³-hybridized carbons (Fsp3) is 0.379. The molecule has 7 nitrogen and oxygen atoms in total. The monoisotopic (exact) mass is 633 g/mol. The molecule has 1 aliphatic heterocycles. The molecule has 2 aromatic rings. The molecule has 206 valence electrons. The fourth-order valence-electron chi connectivity index (χ4n) is 5.79. The van der Waals surface area contributed by atoms with Crippen LogP contribution in [0.3, 0.4) is 0 Å². The van der Waals surface area contributed by atoms with E-state index in [-0.39, 0.29) is 34.6 Å². The van der Waals surface area contributed by atoms with Gasteiger partial charge in [-0.3, -0.25) is 9.59 Å². The van der Waals surface area contributed by atoms with E-state index in [1.807, 2.05) is 6.92 Å². The number of nitrogens with zero attached hydrogens (tertiary/aromatic N) is 1. The van der Waals surface area contributed by atoms with E-state index < -0.39 is 16.0 Å². The maximum Gasteiger partial charge on any atom is 0.339 e. The molecule has 0 saturated heterocycles. The Hall–Kier alpha value is -2.62. The van der Waals surface area contributed by atoms with Crippen LogP contribution in [0.4, 0.5) is 0 Å². The van der Waals surface area contributed by atoms with Gasteiger partial charge in [0.05, 0.1) is 11.1 Å². The number of Topliss-reactive ketones (excluding diaryl/α,β-unsaturated/α-hetero) is 2. The van der Waals surface area contributed by atoms with Crippen molar-refractivity contribution in [2.75, 3.05) is 13.2 Å². The molecule has 0 unspecified atom stereocenters. The minimum Gasteiger partial charge on any atom is -0.490 e. The molecule has 39 heavy (non-hydrogen) atoms. The van der Waals surface area contributed by atoms with Crippen LogP contribution in [-0.4, -0.2) is 38.0 Å². The molecule has 0 amide bonds. The smallest absolute Gasteiger partial charge is 0.339 e. The Morgan fingerprint density at radius 3 is 2.08 bits per heavy atom. The predicted molar refractivity (Wildman–Crippen MR) is 151 cm³/mol. The number of halogens is 2. The van der Waals surface area contributed by atoms with E-state index in [9.17, 15) is 18.0 Å². The maximum atomic E-state index is 13.4. The molecule has 10 heteroatoms. The van der Waals surface area contributed by atoms with Gasteiger partial charge in [-0.25, -0.2) is 0 Å². The van der Waals surface area contributed by atoms with Crippen LogP contribution in [-0.2, 0) is 19.7 Å². The first kappa shape index (κ1) is 27.9. The van der Waals surface area contributed by atoms with Gasteiger partial charge < -0.3 is 13.8 Å². The summed E-state index contributed by atoms with van der Waals surface area (Å²) < 4.78 is 37.9. The lowest BCUT2D eigenvalue weighted by atomic mass is 9.71. The second-order valence-corrected chi connectivity index (χ2v) is 12.5. The molecule has 0 aromatic heterocycles. The first-order chi connectivity index (χ1) is 18.7. The summed E-state index contributed by atoms with van der Waals surface area (Å²) in [5.74, 6) is -0.257. The van der Waals surface area contributed by atoms with Crippen molar-refractivity contribution in [2.45, 2.75) is 63.2 Å². The van der Waals surface area contributed by atoms with Gasteiger partial charge in [0.15, 0.2) is 23.1 Å². The first-order valence-electron chi connectivity index (χ1n) is 13.1. The van der Waals surface area contributed by atoms with E-state index in [0.717, 1.165) is 37.1 Å². The number of allylic oxidation sites excluding steroid dienone is 4. The third kappa shape index (κ3) is 5.16. The molecule has 5 rings (SSSR count). The standard InChI is InChI=1S/C29H29BrClNO6S/c1-3-32-21-7-5-9-23(33)27(21)26(28-22(32)8-6-10-24(28)34)17-15-20(30)29(25(16-17)37-4-2)38-39(35,36)19-13-11-18(31)12-14-19/h11-16,26H,3-10H2,1-2H3. The van der Waals surface area contributed by atoms with Gasteiger partial charge in [-0.15, -0.1) is 0 Å². The third-order valence-corrected chi connectivity index (χ3v) is 9.44. The van der Waals surface area contributed by atoms with Crippen LogP contribution >= 0.6 is 27.5 Å². The molecule has 0 radical (unpaired) electrons. The lowest BCUT2D eigenvalue weighted by Crippen LogP contribution is -2.39. The van der Waals surface area contributed by atoms with E-state index in [0.29, 0.717) is 45.6 Å². The molecular formula is C29H29BrClNO6S. The maximum absolute atomic E-state index is 13.4. The lowest BCUT2D eigenvalue weighted by molar-refractivity contribution is -0.117. The van der Waals surface area contributed by atoms with Gasteiger partial charge in [-0.1, -0.05) is 11.6 Å². The zero-order valence-electron chi connectivity index (χ0n) is 21.8. The molecule has 0 bridgehead atoms. The fourth-order valence-corrected chi connectivity index (χ4v) is 7.52. The van der Waals surface area contributed by atoms with Gasteiger partial charge in [0, 0.05) is 52.9 Å². The second-order valence-electron chi connectivity index (χ2n) is 9.71. The van der Waals surface area contributed by atoms with Crippen molar-refractivity contribution >= 4 is 49.2 Å². The molecule has 0 spiro atoms. The molecule has 3 aliphatic rings. The molecule has 2 aromatic carbocycles. The topological polar surface area (TPSA) is 90.0 Å². The van der Waals surface area contributed by atoms with E-state index in [1.165, 1.54) is 24.3 Å².